The zero-order valence-electron chi connectivity index (χ0n) is 16.5. The molecule has 0 aliphatic heterocycles. The normalized spacial score (nSPS) is 11.8. The lowest BCUT2D eigenvalue weighted by Gasteiger charge is -2.14. The van der Waals surface area contributed by atoms with Gasteiger partial charge in [0.2, 0.25) is 5.62 Å². The Labute approximate surface area is 196 Å². The number of benzene rings is 3. The molecule has 1 aromatic heterocycles. The predicted molar refractivity (Wildman–Crippen MR) is 119 cm³/mol. The summed E-state index contributed by atoms with van der Waals surface area (Å²) >= 11 is 12.0. The summed E-state index contributed by atoms with van der Waals surface area (Å²) in [6, 6.07) is 22.8. The van der Waals surface area contributed by atoms with Crippen LogP contribution in [-0.2, 0) is 13.1 Å². The van der Waals surface area contributed by atoms with Gasteiger partial charge in [-0.05, 0) is 35.9 Å². The molecule has 0 radical (unpaired) electrons. The Morgan fingerprint density at radius 3 is 2.23 bits per heavy atom. The number of nitrogens with one attached hydrogen (secondary N) is 1. The van der Waals surface area contributed by atoms with Crippen molar-refractivity contribution in [3.8, 4) is 5.75 Å². The summed E-state index contributed by atoms with van der Waals surface area (Å²) in [5.41, 5.74) is 3.27. The Morgan fingerprint density at radius 1 is 0.903 bits per heavy atom. The van der Waals surface area contributed by atoms with Gasteiger partial charge in [0.25, 0.3) is 0 Å². The summed E-state index contributed by atoms with van der Waals surface area (Å²) in [5.74, 6) is 0.461. The number of aliphatic hydroxyl groups excluding tert-OH is 1. The lowest BCUT2D eigenvalue weighted by molar-refractivity contribution is -0.00000805. The van der Waals surface area contributed by atoms with Gasteiger partial charge in [-0.25, -0.2) is 0 Å². The molecule has 2 N–H and O–H groups in total. The fraction of sp³-hybridized carbons (Fsp3) is 0.174. The van der Waals surface area contributed by atoms with Crippen LogP contribution in [0, 0.1) is 5.41 Å². The number of halogens is 3. The van der Waals surface area contributed by atoms with Crippen molar-refractivity contribution in [2.75, 3.05) is 6.61 Å². The maximum atomic E-state index is 10.6. The van der Waals surface area contributed by atoms with Gasteiger partial charge in [-0.1, -0.05) is 65.7 Å². The van der Waals surface area contributed by atoms with E-state index in [9.17, 15) is 5.11 Å². The molecule has 0 amide bonds. The maximum absolute atomic E-state index is 10.6. The maximum Gasteiger partial charge on any atom is 0.203 e. The van der Waals surface area contributed by atoms with Crippen LogP contribution in [0.1, 0.15) is 5.56 Å². The highest BCUT2D eigenvalue weighted by molar-refractivity contribution is 6.35. The van der Waals surface area contributed by atoms with Gasteiger partial charge in [0.05, 0.1) is 29.1 Å². The third-order valence-electron chi connectivity index (χ3n) is 4.88. The van der Waals surface area contributed by atoms with E-state index in [0.29, 0.717) is 28.0 Å². The minimum Gasteiger partial charge on any atom is -1.00 e. The van der Waals surface area contributed by atoms with Crippen LogP contribution < -0.4 is 22.8 Å². The van der Waals surface area contributed by atoms with E-state index in [4.69, 9.17) is 33.3 Å². The second-order valence-electron chi connectivity index (χ2n) is 7.03. The molecule has 162 valence electrons. The van der Waals surface area contributed by atoms with E-state index >= 15 is 0 Å². The lowest BCUT2D eigenvalue weighted by atomic mass is 10.2. The van der Waals surface area contributed by atoms with Crippen LogP contribution in [0.3, 0.4) is 0 Å². The van der Waals surface area contributed by atoms with Gasteiger partial charge in [0, 0.05) is 5.02 Å². The number of hydrogen-bond donors (Lipinski definition) is 2. The number of aromatic nitrogens is 2. The molecular formula is C23H21Cl3N3O2-. The molecule has 31 heavy (non-hydrogen) atoms. The SMILES string of the molecule is N=c1n(Cc2ccccc2)c2ccccc2n1CC(O)COc1ccc(Cl)cc1Cl.[Cl-]. The first kappa shape index (κ1) is 23.2. The number of para-hydroxylation sites is 2. The average molecular weight is 478 g/mol. The van der Waals surface area contributed by atoms with E-state index in [1.54, 1.807) is 22.8 Å². The first-order valence-electron chi connectivity index (χ1n) is 9.55. The molecule has 4 aromatic rings. The average Bonchev–Trinajstić information content (AvgIpc) is 3.00. The van der Waals surface area contributed by atoms with Crippen molar-refractivity contribution in [2.24, 2.45) is 0 Å². The largest absolute Gasteiger partial charge is 1.00 e. The Kier molecular flexibility index (Phi) is 7.68. The minimum atomic E-state index is -0.818. The molecule has 1 unspecified atom stereocenters. The number of nitrogens with zero attached hydrogens (tertiary/aromatic N) is 2. The summed E-state index contributed by atoms with van der Waals surface area (Å²) < 4.78 is 9.40. The smallest absolute Gasteiger partial charge is 0.203 e. The summed E-state index contributed by atoms with van der Waals surface area (Å²) in [6.07, 6.45) is -0.818. The molecular weight excluding hydrogens is 457 g/mol. The number of imidazole rings is 1. The van der Waals surface area contributed by atoms with Crippen LogP contribution in [0.4, 0.5) is 0 Å². The van der Waals surface area contributed by atoms with E-state index in [1.807, 2.05) is 59.2 Å². The summed E-state index contributed by atoms with van der Waals surface area (Å²) in [6.45, 7) is 0.860. The van der Waals surface area contributed by atoms with Crippen LogP contribution in [0.5, 0.6) is 5.75 Å². The Bertz CT molecular complexity index is 1220. The third-order valence-corrected chi connectivity index (χ3v) is 5.41. The van der Waals surface area contributed by atoms with Crippen LogP contribution >= 0.6 is 23.2 Å². The van der Waals surface area contributed by atoms with Gasteiger partial charge in [0.15, 0.2) is 0 Å². The summed E-state index contributed by atoms with van der Waals surface area (Å²) in [4.78, 5) is 0. The molecule has 3 aromatic carbocycles. The molecule has 4 rings (SSSR count). The fourth-order valence-electron chi connectivity index (χ4n) is 3.45. The highest BCUT2D eigenvalue weighted by Gasteiger charge is 2.15. The molecule has 0 aliphatic rings. The first-order valence-corrected chi connectivity index (χ1v) is 10.3. The molecule has 0 fully saturated rings. The second-order valence-corrected chi connectivity index (χ2v) is 7.88. The summed E-state index contributed by atoms with van der Waals surface area (Å²) in [5, 5.41) is 20.2. The van der Waals surface area contributed by atoms with E-state index in [-0.39, 0.29) is 25.6 Å². The van der Waals surface area contributed by atoms with Crippen molar-refractivity contribution in [3.05, 3.63) is 94.0 Å². The fourth-order valence-corrected chi connectivity index (χ4v) is 3.91. The van der Waals surface area contributed by atoms with E-state index in [0.717, 1.165) is 16.6 Å². The Hall–Kier alpha value is -2.44. The topological polar surface area (TPSA) is 63.2 Å². The molecule has 8 heteroatoms. The monoisotopic (exact) mass is 476 g/mol. The molecule has 0 aliphatic carbocycles. The van der Waals surface area contributed by atoms with Crippen molar-refractivity contribution in [3.63, 3.8) is 0 Å². The number of aliphatic hydroxyl groups is 1. The van der Waals surface area contributed by atoms with Crippen molar-refractivity contribution in [1.29, 1.82) is 5.41 Å². The number of hydrogen-bond acceptors (Lipinski definition) is 3. The number of ether oxygens (including phenoxy) is 1. The Morgan fingerprint density at radius 2 is 1.55 bits per heavy atom. The van der Waals surface area contributed by atoms with E-state index < -0.39 is 6.10 Å². The third kappa shape index (κ3) is 5.25. The molecule has 0 saturated carbocycles. The van der Waals surface area contributed by atoms with Gasteiger partial charge in [-0.2, -0.15) is 0 Å². The van der Waals surface area contributed by atoms with Crippen molar-refractivity contribution in [2.45, 2.75) is 19.2 Å². The van der Waals surface area contributed by atoms with Crippen molar-refractivity contribution >= 4 is 34.2 Å². The van der Waals surface area contributed by atoms with Gasteiger partial charge in [0.1, 0.15) is 18.5 Å². The van der Waals surface area contributed by atoms with Gasteiger partial charge in [-0.3, -0.25) is 5.41 Å². The van der Waals surface area contributed by atoms with Crippen LogP contribution in [-0.4, -0.2) is 27.0 Å². The second kappa shape index (κ2) is 10.2. The van der Waals surface area contributed by atoms with Crippen LogP contribution in [0.2, 0.25) is 10.0 Å². The quantitative estimate of drug-likeness (QED) is 0.426. The highest BCUT2D eigenvalue weighted by Crippen LogP contribution is 2.27. The first-order chi connectivity index (χ1) is 14.5. The molecule has 1 heterocycles. The van der Waals surface area contributed by atoms with Crippen LogP contribution in [0.15, 0.2) is 72.8 Å². The van der Waals surface area contributed by atoms with Gasteiger partial charge in [-0.15, -0.1) is 0 Å². The summed E-state index contributed by atoms with van der Waals surface area (Å²) in [7, 11) is 0. The van der Waals surface area contributed by atoms with Crippen molar-refractivity contribution in [1.82, 2.24) is 9.13 Å². The molecule has 0 spiro atoms. The number of rotatable bonds is 7. The zero-order valence-corrected chi connectivity index (χ0v) is 18.8. The zero-order chi connectivity index (χ0) is 21.1. The van der Waals surface area contributed by atoms with E-state index in [1.165, 1.54) is 0 Å². The minimum absolute atomic E-state index is 0. The van der Waals surface area contributed by atoms with Crippen LogP contribution in [0.25, 0.3) is 11.0 Å². The van der Waals surface area contributed by atoms with Gasteiger partial charge < -0.3 is 31.4 Å². The standard InChI is InChI=1S/C23H21Cl2N3O2.ClH/c24-17-10-11-22(19(25)12-17)30-15-18(29)14-28-21-9-5-4-8-20(21)27(23(28)26)13-16-6-2-1-3-7-16;/h1-12,18,26,29H,13-15H2;1H/p-1. The molecule has 5 nitrogen and oxygen atoms in total. The van der Waals surface area contributed by atoms with Gasteiger partial charge >= 0.3 is 0 Å². The molecule has 1 atom stereocenters. The number of fused-ring (bicyclic) bond motifs is 1. The Balaban J connectivity index is 0.00000272. The molecule has 0 saturated heterocycles. The lowest BCUT2D eigenvalue weighted by Crippen LogP contribution is -3.00. The highest BCUT2D eigenvalue weighted by atomic mass is 35.5. The molecule has 0 bridgehead atoms. The van der Waals surface area contributed by atoms with Crippen molar-refractivity contribution < 1.29 is 22.3 Å². The van der Waals surface area contributed by atoms with E-state index in [2.05, 4.69) is 0 Å². The predicted octanol–water partition coefficient (Wildman–Crippen LogP) is 1.72.